The number of aromatic amines is 4. The highest BCUT2D eigenvalue weighted by Crippen LogP contribution is 2.34. The molecule has 2 aromatic heterocycles. The largest absolute Gasteiger partial charge is 0.374 e. The van der Waals surface area contributed by atoms with E-state index in [0.717, 1.165) is 0 Å². The fourth-order valence-electron chi connectivity index (χ4n) is 3.07. The molecule has 0 bridgehead atoms. The summed E-state index contributed by atoms with van der Waals surface area (Å²) in [5.74, 6) is -0.647. The molecule has 0 unspecified atom stereocenters. The number of benzene rings is 1. The minimum absolute atomic E-state index is 0.0958. The standard InChI is InChI=1S/C17H17ClN6O4/c1-19-12-10(14(25)23-16(27)21-12)9(7-3-5-8(18)6-4-7)11-13(20-2)22-17(28)24-15(11)26/h3-6,9H,1-2H3,(H3,19,21,23,25,27)(H3,20,22,24,26,28). The summed E-state index contributed by atoms with van der Waals surface area (Å²) < 4.78 is 0. The van der Waals surface area contributed by atoms with Crippen molar-refractivity contribution in [2.45, 2.75) is 5.92 Å². The van der Waals surface area contributed by atoms with Crippen molar-refractivity contribution in [3.05, 3.63) is 87.7 Å². The smallest absolute Gasteiger partial charge is 0.327 e. The van der Waals surface area contributed by atoms with Crippen LogP contribution in [0.3, 0.4) is 0 Å². The Labute approximate surface area is 162 Å². The van der Waals surface area contributed by atoms with Gasteiger partial charge in [-0.15, -0.1) is 0 Å². The SMILES string of the molecule is CNc1[nH]c(=O)[nH]c(=O)c1C(c1ccc(Cl)cc1)c1c(NC)[nH]c(=O)[nH]c1=O. The molecule has 0 atom stereocenters. The lowest BCUT2D eigenvalue weighted by Gasteiger charge is -2.21. The van der Waals surface area contributed by atoms with Crippen molar-refractivity contribution in [2.75, 3.05) is 24.7 Å². The first-order chi connectivity index (χ1) is 13.3. The molecular formula is C17H17ClN6O4. The summed E-state index contributed by atoms with van der Waals surface area (Å²) in [6, 6.07) is 6.53. The van der Waals surface area contributed by atoms with Crippen molar-refractivity contribution in [2.24, 2.45) is 0 Å². The van der Waals surface area contributed by atoms with Gasteiger partial charge in [-0.05, 0) is 17.7 Å². The summed E-state index contributed by atoms with van der Waals surface area (Å²) in [4.78, 5) is 58.2. The van der Waals surface area contributed by atoms with Gasteiger partial charge in [-0.2, -0.15) is 0 Å². The maximum atomic E-state index is 12.7. The molecule has 2 heterocycles. The number of H-pyrrole nitrogens is 4. The Bertz CT molecular complexity index is 1160. The van der Waals surface area contributed by atoms with Gasteiger partial charge in [-0.3, -0.25) is 29.5 Å². The predicted octanol–water partition coefficient (Wildman–Crippen LogP) is 0.357. The predicted molar refractivity (Wildman–Crippen MR) is 107 cm³/mol. The highest BCUT2D eigenvalue weighted by atomic mass is 35.5. The molecule has 1 aromatic carbocycles. The van der Waals surface area contributed by atoms with E-state index in [1.807, 2.05) is 0 Å². The Morgan fingerprint density at radius 1 is 0.750 bits per heavy atom. The number of rotatable bonds is 5. The van der Waals surface area contributed by atoms with E-state index in [1.54, 1.807) is 24.3 Å². The molecule has 0 fully saturated rings. The zero-order valence-corrected chi connectivity index (χ0v) is 15.7. The third-order valence-electron chi connectivity index (χ3n) is 4.24. The van der Waals surface area contributed by atoms with Crippen LogP contribution in [0.15, 0.2) is 43.4 Å². The molecule has 0 amide bonds. The molecule has 146 valence electrons. The van der Waals surface area contributed by atoms with Crippen molar-refractivity contribution < 1.29 is 0 Å². The molecule has 0 aliphatic carbocycles. The van der Waals surface area contributed by atoms with E-state index in [9.17, 15) is 19.2 Å². The molecule has 0 radical (unpaired) electrons. The van der Waals surface area contributed by atoms with E-state index in [4.69, 9.17) is 11.6 Å². The van der Waals surface area contributed by atoms with Crippen LogP contribution in [0.25, 0.3) is 0 Å². The summed E-state index contributed by atoms with van der Waals surface area (Å²) in [6.45, 7) is 0. The van der Waals surface area contributed by atoms with Gasteiger partial charge < -0.3 is 10.6 Å². The van der Waals surface area contributed by atoms with E-state index in [0.29, 0.717) is 10.6 Å². The van der Waals surface area contributed by atoms with Gasteiger partial charge in [-0.1, -0.05) is 23.7 Å². The van der Waals surface area contributed by atoms with Crippen LogP contribution in [0, 0.1) is 0 Å². The lowest BCUT2D eigenvalue weighted by Crippen LogP contribution is -2.34. The number of halogens is 1. The summed E-state index contributed by atoms with van der Waals surface area (Å²) in [6.07, 6.45) is 0. The first kappa shape index (κ1) is 19.2. The molecule has 3 rings (SSSR count). The van der Waals surface area contributed by atoms with Gasteiger partial charge in [0.2, 0.25) is 0 Å². The average molecular weight is 405 g/mol. The van der Waals surface area contributed by atoms with E-state index in [2.05, 4.69) is 30.6 Å². The van der Waals surface area contributed by atoms with Crippen LogP contribution in [0.1, 0.15) is 22.6 Å². The number of hydrogen-bond acceptors (Lipinski definition) is 6. The Balaban J connectivity index is 2.45. The fraction of sp³-hybridized carbons (Fsp3) is 0.176. The topological polar surface area (TPSA) is 155 Å². The minimum Gasteiger partial charge on any atom is -0.374 e. The minimum atomic E-state index is -0.927. The van der Waals surface area contributed by atoms with Gasteiger partial charge in [0, 0.05) is 19.1 Å². The van der Waals surface area contributed by atoms with E-state index < -0.39 is 28.4 Å². The fourth-order valence-corrected chi connectivity index (χ4v) is 3.20. The van der Waals surface area contributed by atoms with Crippen LogP contribution in [0.4, 0.5) is 11.6 Å². The second-order valence-corrected chi connectivity index (χ2v) is 6.31. The van der Waals surface area contributed by atoms with E-state index >= 15 is 0 Å². The van der Waals surface area contributed by atoms with Crippen molar-refractivity contribution in [3.8, 4) is 0 Å². The molecule has 0 aliphatic rings. The highest BCUT2D eigenvalue weighted by Gasteiger charge is 2.29. The number of hydrogen-bond donors (Lipinski definition) is 6. The number of aromatic nitrogens is 4. The van der Waals surface area contributed by atoms with Crippen LogP contribution in [0.5, 0.6) is 0 Å². The molecule has 10 nitrogen and oxygen atoms in total. The van der Waals surface area contributed by atoms with Gasteiger partial charge in [0.05, 0.1) is 17.0 Å². The van der Waals surface area contributed by atoms with Crippen molar-refractivity contribution >= 4 is 23.2 Å². The van der Waals surface area contributed by atoms with E-state index in [1.165, 1.54) is 14.1 Å². The molecule has 0 saturated carbocycles. The molecule has 6 N–H and O–H groups in total. The van der Waals surface area contributed by atoms with Crippen LogP contribution < -0.4 is 33.1 Å². The van der Waals surface area contributed by atoms with Gasteiger partial charge in [-0.25, -0.2) is 9.59 Å². The van der Waals surface area contributed by atoms with Crippen molar-refractivity contribution in [1.82, 2.24) is 19.9 Å². The van der Waals surface area contributed by atoms with Crippen LogP contribution in [-0.4, -0.2) is 34.0 Å². The first-order valence-electron chi connectivity index (χ1n) is 8.19. The number of nitrogens with one attached hydrogen (secondary N) is 6. The molecule has 11 heteroatoms. The van der Waals surface area contributed by atoms with Gasteiger partial charge >= 0.3 is 11.4 Å². The van der Waals surface area contributed by atoms with Crippen molar-refractivity contribution in [3.63, 3.8) is 0 Å². The zero-order valence-electron chi connectivity index (χ0n) is 14.9. The van der Waals surface area contributed by atoms with Crippen LogP contribution in [0.2, 0.25) is 5.02 Å². The summed E-state index contributed by atoms with van der Waals surface area (Å²) in [5, 5.41) is 6.01. The molecule has 0 saturated heterocycles. The Morgan fingerprint density at radius 2 is 1.18 bits per heavy atom. The maximum absolute atomic E-state index is 12.7. The van der Waals surface area contributed by atoms with Gasteiger partial charge in [0.1, 0.15) is 11.6 Å². The Morgan fingerprint density at radius 3 is 1.57 bits per heavy atom. The van der Waals surface area contributed by atoms with Crippen molar-refractivity contribution in [1.29, 1.82) is 0 Å². The Kier molecular flexibility index (Phi) is 5.23. The molecule has 0 spiro atoms. The summed E-state index contributed by atoms with van der Waals surface area (Å²) in [5.41, 5.74) is -2.01. The molecule has 0 aliphatic heterocycles. The molecular weight excluding hydrogens is 388 g/mol. The summed E-state index contributed by atoms with van der Waals surface area (Å²) in [7, 11) is 3.06. The lowest BCUT2D eigenvalue weighted by molar-refractivity contribution is 0.864. The maximum Gasteiger partial charge on any atom is 0.327 e. The van der Waals surface area contributed by atoms with Gasteiger partial charge in [0.25, 0.3) is 11.1 Å². The summed E-state index contributed by atoms with van der Waals surface area (Å²) >= 11 is 5.97. The zero-order chi connectivity index (χ0) is 20.4. The normalized spacial score (nSPS) is 10.9. The second-order valence-electron chi connectivity index (χ2n) is 5.88. The third kappa shape index (κ3) is 3.49. The quantitative estimate of drug-likeness (QED) is 0.360. The van der Waals surface area contributed by atoms with Crippen LogP contribution >= 0.6 is 11.6 Å². The van der Waals surface area contributed by atoms with E-state index in [-0.39, 0.29) is 22.8 Å². The van der Waals surface area contributed by atoms with Gasteiger partial charge in [0.15, 0.2) is 0 Å². The molecule has 28 heavy (non-hydrogen) atoms. The number of anilines is 2. The van der Waals surface area contributed by atoms with Crippen LogP contribution in [-0.2, 0) is 0 Å². The average Bonchev–Trinajstić information content (AvgIpc) is 2.65. The monoisotopic (exact) mass is 404 g/mol. The first-order valence-corrected chi connectivity index (χ1v) is 8.57. The third-order valence-corrected chi connectivity index (χ3v) is 4.49. The lowest BCUT2D eigenvalue weighted by atomic mass is 9.86. The highest BCUT2D eigenvalue weighted by molar-refractivity contribution is 6.30. The second kappa shape index (κ2) is 7.61. The Hall–Kier alpha value is -3.53. The molecule has 3 aromatic rings.